The quantitative estimate of drug-likeness (QED) is 0.596. The molecule has 1 aromatic heterocycles. The Hall–Kier alpha value is -3.26. The van der Waals surface area contributed by atoms with Crippen LogP contribution in [-0.2, 0) is 16.0 Å². The van der Waals surface area contributed by atoms with Gasteiger partial charge in [0.2, 0.25) is 11.8 Å². The summed E-state index contributed by atoms with van der Waals surface area (Å²) in [6.07, 6.45) is 0.117. The number of benzene rings is 2. The summed E-state index contributed by atoms with van der Waals surface area (Å²) in [5.74, 6) is -0.699. The molecular weight excluding hydrogens is 367 g/mol. The molecule has 0 fully saturated rings. The van der Waals surface area contributed by atoms with Crippen LogP contribution in [0.2, 0.25) is 0 Å². The maximum Gasteiger partial charge on any atom is 0.230 e. The third-order valence-electron chi connectivity index (χ3n) is 3.46. The van der Waals surface area contributed by atoms with Crippen molar-refractivity contribution >= 4 is 45.3 Å². The van der Waals surface area contributed by atoms with Crippen LogP contribution in [0.15, 0.2) is 53.9 Å². The van der Waals surface area contributed by atoms with E-state index in [0.717, 1.165) is 5.69 Å². The van der Waals surface area contributed by atoms with Gasteiger partial charge in [-0.15, -0.1) is 11.3 Å². The van der Waals surface area contributed by atoms with Gasteiger partial charge in [0.15, 0.2) is 5.13 Å². The number of carbonyl (C=O) groups is 2. The maximum absolute atomic E-state index is 12.9. The lowest BCUT2D eigenvalue weighted by Gasteiger charge is -2.07. The molecule has 0 unspecified atom stereocenters. The van der Waals surface area contributed by atoms with Gasteiger partial charge in [0, 0.05) is 29.4 Å². The largest absolute Gasteiger partial charge is 0.332 e. The number of hydrogen-bond donors (Lipinski definition) is 3. The number of hydrogen-bond acceptors (Lipinski definition) is 5. The van der Waals surface area contributed by atoms with E-state index in [1.807, 2.05) is 0 Å². The van der Waals surface area contributed by atoms with E-state index in [1.165, 1.54) is 30.4 Å². The first-order valence-electron chi connectivity index (χ1n) is 8.12. The van der Waals surface area contributed by atoms with Gasteiger partial charge in [0.25, 0.3) is 0 Å². The van der Waals surface area contributed by atoms with Crippen LogP contribution in [0.1, 0.15) is 12.6 Å². The van der Waals surface area contributed by atoms with Gasteiger partial charge in [-0.25, -0.2) is 9.37 Å². The summed E-state index contributed by atoms with van der Waals surface area (Å²) in [5.41, 5.74) is 2.54. The molecule has 2 aromatic carbocycles. The van der Waals surface area contributed by atoms with Gasteiger partial charge < -0.3 is 16.0 Å². The molecule has 2 amide bonds. The molecule has 0 saturated carbocycles. The van der Waals surface area contributed by atoms with Crippen molar-refractivity contribution in [1.29, 1.82) is 0 Å². The molecule has 3 aromatic rings. The predicted molar refractivity (Wildman–Crippen MR) is 105 cm³/mol. The summed E-state index contributed by atoms with van der Waals surface area (Å²) in [5, 5.41) is 10.9. The number of nitrogens with zero attached hydrogens (tertiary/aromatic N) is 1. The van der Waals surface area contributed by atoms with Crippen LogP contribution >= 0.6 is 11.3 Å². The lowest BCUT2D eigenvalue weighted by atomic mass is 10.2. The zero-order chi connectivity index (χ0) is 19.2. The molecule has 0 spiro atoms. The molecular formula is C19H17FN4O2S. The summed E-state index contributed by atoms with van der Waals surface area (Å²) in [6.45, 7) is 1.42. The van der Waals surface area contributed by atoms with Gasteiger partial charge in [0.05, 0.1) is 12.1 Å². The van der Waals surface area contributed by atoms with Crippen LogP contribution in [0.5, 0.6) is 0 Å². The minimum Gasteiger partial charge on any atom is -0.332 e. The van der Waals surface area contributed by atoms with E-state index in [0.29, 0.717) is 22.2 Å². The van der Waals surface area contributed by atoms with Crippen LogP contribution in [0.3, 0.4) is 0 Å². The molecule has 3 rings (SSSR count). The first kappa shape index (κ1) is 18.5. The molecule has 0 bridgehead atoms. The Morgan fingerprint density at radius 2 is 1.74 bits per heavy atom. The van der Waals surface area contributed by atoms with Crippen LogP contribution < -0.4 is 16.0 Å². The van der Waals surface area contributed by atoms with Crippen LogP contribution in [0, 0.1) is 5.82 Å². The fourth-order valence-corrected chi connectivity index (χ4v) is 3.08. The SMILES string of the molecule is CC(=O)Nc1cccc(NC(=O)Cc2csc(Nc3ccc(F)cc3)n2)c1. The Bertz CT molecular complexity index is 956. The Morgan fingerprint density at radius 1 is 1.04 bits per heavy atom. The second kappa shape index (κ2) is 8.41. The molecule has 0 aliphatic rings. The molecule has 0 saturated heterocycles. The van der Waals surface area contributed by atoms with E-state index in [-0.39, 0.29) is 24.1 Å². The lowest BCUT2D eigenvalue weighted by Crippen LogP contribution is -2.15. The van der Waals surface area contributed by atoms with E-state index in [1.54, 1.807) is 41.8 Å². The minimum atomic E-state index is -0.306. The van der Waals surface area contributed by atoms with Gasteiger partial charge in [0.1, 0.15) is 5.82 Å². The Kier molecular flexibility index (Phi) is 5.77. The highest BCUT2D eigenvalue weighted by atomic mass is 32.1. The predicted octanol–water partition coefficient (Wildman–Crippen LogP) is 4.17. The molecule has 0 aliphatic heterocycles. The number of carbonyl (C=O) groups excluding carboxylic acids is 2. The van der Waals surface area contributed by atoms with Crippen molar-refractivity contribution in [3.63, 3.8) is 0 Å². The summed E-state index contributed by atoms with van der Waals surface area (Å²) in [6, 6.07) is 12.9. The van der Waals surface area contributed by atoms with Gasteiger partial charge in [-0.3, -0.25) is 9.59 Å². The van der Waals surface area contributed by atoms with Crippen LogP contribution in [0.4, 0.5) is 26.6 Å². The maximum atomic E-state index is 12.9. The topological polar surface area (TPSA) is 83.1 Å². The third-order valence-corrected chi connectivity index (χ3v) is 4.26. The zero-order valence-electron chi connectivity index (χ0n) is 14.5. The van der Waals surface area contributed by atoms with Gasteiger partial charge in [-0.05, 0) is 42.5 Å². The summed E-state index contributed by atoms with van der Waals surface area (Å²) in [7, 11) is 0. The Labute approximate surface area is 159 Å². The van der Waals surface area contributed by atoms with Crippen molar-refractivity contribution < 1.29 is 14.0 Å². The number of amides is 2. The van der Waals surface area contributed by atoms with Gasteiger partial charge in [-0.2, -0.15) is 0 Å². The Morgan fingerprint density at radius 3 is 2.44 bits per heavy atom. The number of thiazole rings is 1. The second-order valence-corrected chi connectivity index (χ2v) is 6.62. The van der Waals surface area contributed by atoms with E-state index >= 15 is 0 Å². The monoisotopic (exact) mass is 384 g/mol. The molecule has 0 atom stereocenters. The van der Waals surface area contributed by atoms with Crippen molar-refractivity contribution in [1.82, 2.24) is 4.98 Å². The minimum absolute atomic E-state index is 0.117. The number of nitrogens with one attached hydrogen (secondary N) is 3. The normalized spacial score (nSPS) is 10.3. The fourth-order valence-electron chi connectivity index (χ4n) is 2.35. The van der Waals surface area contributed by atoms with Crippen molar-refractivity contribution in [2.45, 2.75) is 13.3 Å². The van der Waals surface area contributed by atoms with E-state index in [4.69, 9.17) is 0 Å². The molecule has 8 heteroatoms. The molecule has 0 radical (unpaired) electrons. The summed E-state index contributed by atoms with van der Waals surface area (Å²) >= 11 is 1.36. The number of anilines is 4. The molecule has 6 nitrogen and oxygen atoms in total. The second-order valence-electron chi connectivity index (χ2n) is 5.76. The summed E-state index contributed by atoms with van der Waals surface area (Å²) < 4.78 is 12.9. The van der Waals surface area contributed by atoms with Crippen molar-refractivity contribution in [3.8, 4) is 0 Å². The van der Waals surface area contributed by atoms with Crippen molar-refractivity contribution in [3.05, 3.63) is 65.4 Å². The van der Waals surface area contributed by atoms with Crippen molar-refractivity contribution in [2.24, 2.45) is 0 Å². The summed E-state index contributed by atoms with van der Waals surface area (Å²) in [4.78, 5) is 27.7. The zero-order valence-corrected chi connectivity index (χ0v) is 15.3. The van der Waals surface area contributed by atoms with Gasteiger partial charge >= 0.3 is 0 Å². The average molecular weight is 384 g/mol. The first-order valence-corrected chi connectivity index (χ1v) is 9.00. The lowest BCUT2D eigenvalue weighted by molar-refractivity contribution is -0.116. The molecule has 27 heavy (non-hydrogen) atoms. The fraction of sp³-hybridized carbons (Fsp3) is 0.105. The first-order chi connectivity index (χ1) is 13.0. The van der Waals surface area contributed by atoms with E-state index < -0.39 is 0 Å². The molecule has 0 aliphatic carbocycles. The molecule has 1 heterocycles. The third kappa shape index (κ3) is 5.61. The highest BCUT2D eigenvalue weighted by Crippen LogP contribution is 2.22. The smallest absolute Gasteiger partial charge is 0.230 e. The van der Waals surface area contributed by atoms with Gasteiger partial charge in [-0.1, -0.05) is 6.07 Å². The van der Waals surface area contributed by atoms with E-state index in [2.05, 4.69) is 20.9 Å². The van der Waals surface area contributed by atoms with E-state index in [9.17, 15) is 14.0 Å². The number of rotatable bonds is 6. The molecule has 3 N–H and O–H groups in total. The standard InChI is InChI=1S/C19H17FN4O2S/c1-12(25)21-15-3-2-4-16(9-15)22-18(26)10-17-11-27-19(24-17)23-14-7-5-13(20)6-8-14/h2-9,11H,10H2,1H3,(H,21,25)(H,22,26)(H,23,24). The highest BCUT2D eigenvalue weighted by molar-refractivity contribution is 7.13. The number of halogens is 1. The molecule has 138 valence electrons. The van der Waals surface area contributed by atoms with Crippen LogP contribution in [0.25, 0.3) is 0 Å². The highest BCUT2D eigenvalue weighted by Gasteiger charge is 2.09. The average Bonchev–Trinajstić information content (AvgIpc) is 3.03. The van der Waals surface area contributed by atoms with Crippen molar-refractivity contribution in [2.75, 3.05) is 16.0 Å². The van der Waals surface area contributed by atoms with Crippen LogP contribution in [-0.4, -0.2) is 16.8 Å². The Balaban J connectivity index is 1.57. The number of aromatic nitrogens is 1.